The van der Waals surface area contributed by atoms with Crippen molar-refractivity contribution < 1.29 is 4.79 Å². The summed E-state index contributed by atoms with van der Waals surface area (Å²) in [4.78, 5) is 12.3. The van der Waals surface area contributed by atoms with E-state index < -0.39 is 0 Å². The minimum absolute atomic E-state index is 0.171. The molecule has 0 saturated heterocycles. The van der Waals surface area contributed by atoms with Gasteiger partial charge in [0.25, 0.3) is 5.91 Å². The second-order valence-corrected chi connectivity index (χ2v) is 5.79. The van der Waals surface area contributed by atoms with E-state index in [-0.39, 0.29) is 5.91 Å². The molecular weight excluding hydrogens is 306 g/mol. The summed E-state index contributed by atoms with van der Waals surface area (Å²) in [7, 11) is 0. The molecule has 3 aromatic rings. The van der Waals surface area contributed by atoms with Gasteiger partial charge in [0.05, 0.1) is 10.7 Å². The third-order valence-corrected chi connectivity index (χ3v) is 3.94. The number of aryl methyl sites for hydroxylation is 1. The van der Waals surface area contributed by atoms with Gasteiger partial charge in [-0.1, -0.05) is 60.1 Å². The van der Waals surface area contributed by atoms with Crippen molar-refractivity contribution in [2.45, 2.75) is 6.92 Å². The first kappa shape index (κ1) is 15.3. The van der Waals surface area contributed by atoms with Crippen molar-refractivity contribution >= 4 is 23.2 Å². The summed E-state index contributed by atoms with van der Waals surface area (Å²) in [5.74, 6) is -0.171. The van der Waals surface area contributed by atoms with Crippen molar-refractivity contribution in [1.29, 1.82) is 0 Å². The second kappa shape index (κ2) is 6.67. The Balaban J connectivity index is 1.78. The fourth-order valence-corrected chi connectivity index (χ4v) is 2.64. The molecule has 0 atom stereocenters. The summed E-state index contributed by atoms with van der Waals surface area (Å²) in [6.45, 7) is 1.96. The molecule has 0 aliphatic rings. The molecule has 1 N–H and O–H groups in total. The first-order chi connectivity index (χ1) is 11.1. The zero-order valence-electron chi connectivity index (χ0n) is 12.7. The number of nitrogens with one attached hydrogen (secondary N) is 1. The molecule has 0 bridgehead atoms. The van der Waals surface area contributed by atoms with E-state index in [4.69, 9.17) is 11.6 Å². The lowest BCUT2D eigenvalue weighted by Gasteiger charge is -2.09. The number of halogens is 1. The Morgan fingerprint density at radius 3 is 2.17 bits per heavy atom. The van der Waals surface area contributed by atoms with Crippen LogP contribution in [0.15, 0.2) is 72.8 Å². The van der Waals surface area contributed by atoms with E-state index in [2.05, 4.69) is 5.32 Å². The number of carbonyl (C=O) groups is 1. The number of hydrogen-bond donors (Lipinski definition) is 1. The highest BCUT2D eigenvalue weighted by atomic mass is 35.5. The van der Waals surface area contributed by atoms with Crippen molar-refractivity contribution in [3.63, 3.8) is 0 Å². The van der Waals surface area contributed by atoms with Gasteiger partial charge in [0, 0.05) is 5.56 Å². The standard InChI is InChI=1S/C20H16ClNO/c1-14-7-12-19(18(21)13-14)22-20(23)17-10-8-16(9-11-17)15-5-3-2-4-6-15/h2-13H,1H3,(H,22,23). The van der Waals surface area contributed by atoms with Crippen molar-refractivity contribution in [2.24, 2.45) is 0 Å². The van der Waals surface area contributed by atoms with Gasteiger partial charge in [0.1, 0.15) is 0 Å². The molecule has 0 unspecified atom stereocenters. The number of rotatable bonds is 3. The molecule has 1 amide bonds. The average Bonchev–Trinajstić information content (AvgIpc) is 2.58. The smallest absolute Gasteiger partial charge is 0.255 e. The van der Waals surface area contributed by atoms with E-state index >= 15 is 0 Å². The third kappa shape index (κ3) is 3.61. The van der Waals surface area contributed by atoms with Gasteiger partial charge in [0.15, 0.2) is 0 Å². The Kier molecular flexibility index (Phi) is 4.45. The maximum atomic E-state index is 12.3. The van der Waals surface area contributed by atoms with Crippen LogP contribution in [0.2, 0.25) is 5.02 Å². The van der Waals surface area contributed by atoms with Gasteiger partial charge in [-0.2, -0.15) is 0 Å². The second-order valence-electron chi connectivity index (χ2n) is 5.38. The van der Waals surface area contributed by atoms with Crippen LogP contribution >= 0.6 is 11.6 Å². The van der Waals surface area contributed by atoms with E-state index in [1.54, 1.807) is 0 Å². The van der Waals surface area contributed by atoms with Crippen molar-refractivity contribution in [2.75, 3.05) is 5.32 Å². The summed E-state index contributed by atoms with van der Waals surface area (Å²) in [5.41, 5.74) is 4.48. The van der Waals surface area contributed by atoms with Crippen molar-refractivity contribution in [3.05, 3.63) is 88.9 Å². The average molecular weight is 322 g/mol. The van der Waals surface area contributed by atoms with Crippen molar-refractivity contribution in [3.8, 4) is 11.1 Å². The highest BCUT2D eigenvalue weighted by molar-refractivity contribution is 6.34. The number of hydrogen-bond acceptors (Lipinski definition) is 1. The van der Waals surface area contributed by atoms with Gasteiger partial charge in [-0.3, -0.25) is 4.79 Å². The van der Waals surface area contributed by atoms with Gasteiger partial charge in [-0.05, 0) is 47.9 Å². The normalized spacial score (nSPS) is 10.3. The molecule has 0 aliphatic carbocycles. The zero-order chi connectivity index (χ0) is 16.2. The minimum atomic E-state index is -0.171. The number of anilines is 1. The molecular formula is C20H16ClNO. The lowest BCUT2D eigenvalue weighted by Crippen LogP contribution is -2.12. The largest absolute Gasteiger partial charge is 0.321 e. The maximum absolute atomic E-state index is 12.3. The summed E-state index contributed by atoms with van der Waals surface area (Å²) < 4.78 is 0. The molecule has 3 rings (SSSR count). The van der Waals surface area contributed by atoms with Crippen LogP contribution < -0.4 is 5.32 Å². The Hall–Kier alpha value is -2.58. The van der Waals surface area contributed by atoms with Crippen LogP contribution in [0.3, 0.4) is 0 Å². The molecule has 0 fully saturated rings. The molecule has 0 saturated carbocycles. The third-order valence-electron chi connectivity index (χ3n) is 3.63. The highest BCUT2D eigenvalue weighted by Gasteiger charge is 2.09. The van der Waals surface area contributed by atoms with Crippen LogP contribution in [0, 0.1) is 6.92 Å². The highest BCUT2D eigenvalue weighted by Crippen LogP contribution is 2.24. The lowest BCUT2D eigenvalue weighted by atomic mass is 10.0. The zero-order valence-corrected chi connectivity index (χ0v) is 13.5. The Bertz CT molecular complexity index is 826. The summed E-state index contributed by atoms with van der Waals surface area (Å²) in [5, 5.41) is 3.38. The van der Waals surface area contributed by atoms with Gasteiger partial charge in [0.2, 0.25) is 0 Å². The van der Waals surface area contributed by atoms with E-state index in [0.717, 1.165) is 16.7 Å². The molecule has 0 aliphatic heterocycles. The minimum Gasteiger partial charge on any atom is -0.321 e. The van der Waals surface area contributed by atoms with Crippen LogP contribution in [0.25, 0.3) is 11.1 Å². The fraction of sp³-hybridized carbons (Fsp3) is 0.0500. The van der Waals surface area contributed by atoms with Crippen molar-refractivity contribution in [1.82, 2.24) is 0 Å². The van der Waals surface area contributed by atoms with Gasteiger partial charge in [-0.25, -0.2) is 0 Å². The van der Waals surface area contributed by atoms with Gasteiger partial charge < -0.3 is 5.32 Å². The van der Waals surface area contributed by atoms with Crippen LogP contribution in [0.5, 0.6) is 0 Å². The van der Waals surface area contributed by atoms with Gasteiger partial charge >= 0.3 is 0 Å². The topological polar surface area (TPSA) is 29.1 Å². The summed E-state index contributed by atoms with van der Waals surface area (Å²) in [6.07, 6.45) is 0. The quantitative estimate of drug-likeness (QED) is 0.671. The van der Waals surface area contributed by atoms with E-state index in [1.165, 1.54) is 0 Å². The van der Waals surface area contributed by atoms with Crippen LogP contribution in [-0.2, 0) is 0 Å². The Labute approximate surface area is 140 Å². The number of carbonyl (C=O) groups excluding carboxylic acids is 1. The monoisotopic (exact) mass is 321 g/mol. The predicted octanol–water partition coefficient (Wildman–Crippen LogP) is 5.57. The number of benzene rings is 3. The lowest BCUT2D eigenvalue weighted by molar-refractivity contribution is 0.102. The molecule has 23 heavy (non-hydrogen) atoms. The molecule has 3 aromatic carbocycles. The predicted molar refractivity (Wildman–Crippen MR) is 96.0 cm³/mol. The first-order valence-electron chi connectivity index (χ1n) is 7.36. The molecule has 0 aromatic heterocycles. The SMILES string of the molecule is Cc1ccc(NC(=O)c2ccc(-c3ccccc3)cc2)c(Cl)c1. The molecule has 3 heteroatoms. The van der Waals surface area contributed by atoms with Crippen LogP contribution in [0.1, 0.15) is 15.9 Å². The summed E-state index contributed by atoms with van der Waals surface area (Å²) in [6, 6.07) is 23.1. The van der Waals surface area contributed by atoms with Crippen LogP contribution in [-0.4, -0.2) is 5.91 Å². The van der Waals surface area contributed by atoms with Gasteiger partial charge in [-0.15, -0.1) is 0 Å². The first-order valence-corrected chi connectivity index (χ1v) is 7.74. The number of amides is 1. The maximum Gasteiger partial charge on any atom is 0.255 e. The Morgan fingerprint density at radius 2 is 1.52 bits per heavy atom. The van der Waals surface area contributed by atoms with Crippen LogP contribution in [0.4, 0.5) is 5.69 Å². The fourth-order valence-electron chi connectivity index (χ4n) is 2.36. The Morgan fingerprint density at radius 1 is 0.870 bits per heavy atom. The molecule has 0 spiro atoms. The van der Waals surface area contributed by atoms with E-state index in [9.17, 15) is 4.79 Å². The molecule has 0 heterocycles. The van der Waals surface area contributed by atoms with E-state index in [1.807, 2.05) is 79.7 Å². The molecule has 0 radical (unpaired) electrons. The summed E-state index contributed by atoms with van der Waals surface area (Å²) >= 11 is 6.15. The van der Waals surface area contributed by atoms with E-state index in [0.29, 0.717) is 16.3 Å². The molecule has 114 valence electrons. The molecule has 2 nitrogen and oxygen atoms in total.